The van der Waals surface area contributed by atoms with Crippen molar-refractivity contribution < 1.29 is 9.47 Å². The molecule has 0 atom stereocenters. The molecular formula is C15H18N4O2. The number of aromatic nitrogens is 2. The third-order valence-electron chi connectivity index (χ3n) is 3.65. The highest BCUT2D eigenvalue weighted by atomic mass is 16.5. The summed E-state index contributed by atoms with van der Waals surface area (Å²) in [6, 6.07) is 5.67. The van der Waals surface area contributed by atoms with Crippen molar-refractivity contribution in [3.05, 3.63) is 30.6 Å². The highest BCUT2D eigenvalue weighted by Crippen LogP contribution is 2.36. The molecule has 2 N–H and O–H groups in total. The van der Waals surface area contributed by atoms with Crippen LogP contribution in [-0.4, -0.2) is 43.4 Å². The van der Waals surface area contributed by atoms with Gasteiger partial charge in [0.15, 0.2) is 0 Å². The molecule has 21 heavy (non-hydrogen) atoms. The molecule has 1 saturated heterocycles. The summed E-state index contributed by atoms with van der Waals surface area (Å²) in [7, 11) is 3.31. The first-order valence-electron chi connectivity index (χ1n) is 6.75. The quantitative estimate of drug-likeness (QED) is 0.919. The van der Waals surface area contributed by atoms with Crippen molar-refractivity contribution in [2.24, 2.45) is 0 Å². The molecule has 6 nitrogen and oxygen atoms in total. The molecule has 0 amide bonds. The lowest BCUT2D eigenvalue weighted by molar-refractivity contribution is 0.0782. The molecule has 1 aliphatic rings. The van der Waals surface area contributed by atoms with Crippen molar-refractivity contribution in [1.82, 2.24) is 9.97 Å². The van der Waals surface area contributed by atoms with E-state index >= 15 is 0 Å². The van der Waals surface area contributed by atoms with Gasteiger partial charge >= 0.3 is 0 Å². The van der Waals surface area contributed by atoms with E-state index in [4.69, 9.17) is 15.2 Å². The van der Waals surface area contributed by atoms with E-state index in [1.165, 1.54) is 0 Å². The Bertz CT molecular complexity index is 627. The zero-order chi connectivity index (χ0) is 14.8. The molecule has 6 heteroatoms. The Morgan fingerprint density at radius 3 is 2.76 bits per heavy atom. The Hall–Kier alpha value is -2.34. The van der Waals surface area contributed by atoms with Gasteiger partial charge in [-0.25, -0.2) is 0 Å². The van der Waals surface area contributed by atoms with Crippen molar-refractivity contribution in [1.29, 1.82) is 0 Å². The molecule has 2 aromatic heterocycles. The van der Waals surface area contributed by atoms with Gasteiger partial charge in [0.25, 0.3) is 0 Å². The van der Waals surface area contributed by atoms with E-state index in [0.29, 0.717) is 11.6 Å². The molecule has 1 fully saturated rings. The molecule has 0 aromatic carbocycles. The smallest absolute Gasteiger partial charge is 0.225 e. The SMILES string of the molecule is COc1nc(N2CC(OC)C2)cc(N)c1-c1cccnc1. The van der Waals surface area contributed by atoms with E-state index in [9.17, 15) is 0 Å². The standard InChI is InChI=1S/C15H18N4O2/c1-20-11-8-19(9-11)13-6-12(16)14(15(18-13)21-2)10-4-3-5-17-7-10/h3-7,11H,8-9H2,1-2H3,(H2,16,18). The van der Waals surface area contributed by atoms with Gasteiger partial charge in [-0.1, -0.05) is 6.07 Å². The van der Waals surface area contributed by atoms with Gasteiger partial charge in [0.2, 0.25) is 5.88 Å². The number of rotatable bonds is 4. The van der Waals surface area contributed by atoms with Crippen LogP contribution < -0.4 is 15.4 Å². The summed E-state index contributed by atoms with van der Waals surface area (Å²) >= 11 is 0. The largest absolute Gasteiger partial charge is 0.480 e. The zero-order valence-electron chi connectivity index (χ0n) is 12.1. The molecule has 0 unspecified atom stereocenters. The fraction of sp³-hybridized carbons (Fsp3) is 0.333. The summed E-state index contributed by atoms with van der Waals surface area (Å²) in [5, 5.41) is 0. The fourth-order valence-electron chi connectivity index (χ4n) is 2.41. The van der Waals surface area contributed by atoms with Gasteiger partial charge in [-0.3, -0.25) is 4.98 Å². The van der Waals surface area contributed by atoms with Gasteiger partial charge < -0.3 is 20.1 Å². The molecule has 0 radical (unpaired) electrons. The van der Waals surface area contributed by atoms with E-state index in [0.717, 1.165) is 30.0 Å². The second kappa shape index (κ2) is 5.57. The average Bonchev–Trinajstić information content (AvgIpc) is 2.46. The van der Waals surface area contributed by atoms with Crippen molar-refractivity contribution >= 4 is 11.5 Å². The molecule has 0 spiro atoms. The first-order valence-corrected chi connectivity index (χ1v) is 6.75. The number of nitrogens with two attached hydrogens (primary N) is 1. The van der Waals surface area contributed by atoms with Crippen molar-refractivity contribution in [2.45, 2.75) is 6.10 Å². The highest BCUT2D eigenvalue weighted by molar-refractivity contribution is 5.82. The summed E-state index contributed by atoms with van der Waals surface area (Å²) in [6.45, 7) is 1.64. The van der Waals surface area contributed by atoms with Crippen LogP contribution in [0.25, 0.3) is 11.1 Å². The van der Waals surface area contributed by atoms with Crippen LogP contribution in [0.15, 0.2) is 30.6 Å². The zero-order valence-corrected chi connectivity index (χ0v) is 12.1. The third-order valence-corrected chi connectivity index (χ3v) is 3.65. The number of pyridine rings is 2. The van der Waals surface area contributed by atoms with Crippen LogP contribution in [0.5, 0.6) is 5.88 Å². The monoisotopic (exact) mass is 286 g/mol. The Morgan fingerprint density at radius 1 is 1.33 bits per heavy atom. The van der Waals surface area contributed by atoms with Crippen LogP contribution in [0.1, 0.15) is 0 Å². The second-order valence-corrected chi connectivity index (χ2v) is 4.96. The average molecular weight is 286 g/mol. The predicted molar refractivity (Wildman–Crippen MR) is 81.4 cm³/mol. The number of nitrogens with zero attached hydrogens (tertiary/aromatic N) is 3. The van der Waals surface area contributed by atoms with Gasteiger partial charge in [0.05, 0.1) is 18.8 Å². The van der Waals surface area contributed by atoms with E-state index < -0.39 is 0 Å². The molecule has 0 saturated carbocycles. The summed E-state index contributed by atoms with van der Waals surface area (Å²) in [6.07, 6.45) is 3.73. The van der Waals surface area contributed by atoms with Crippen molar-refractivity contribution in [3.63, 3.8) is 0 Å². The van der Waals surface area contributed by atoms with Crippen molar-refractivity contribution in [3.8, 4) is 17.0 Å². The van der Waals surface area contributed by atoms with Gasteiger partial charge in [-0.15, -0.1) is 0 Å². The van der Waals surface area contributed by atoms with Gasteiger partial charge in [-0.2, -0.15) is 4.98 Å². The summed E-state index contributed by atoms with van der Waals surface area (Å²) in [5.41, 5.74) is 8.51. The van der Waals surface area contributed by atoms with E-state index in [1.807, 2.05) is 18.2 Å². The Labute approximate surface area is 123 Å². The van der Waals surface area contributed by atoms with Gasteiger partial charge in [0.1, 0.15) is 5.82 Å². The Balaban J connectivity index is 1.96. The molecule has 110 valence electrons. The number of anilines is 2. The van der Waals surface area contributed by atoms with E-state index in [1.54, 1.807) is 26.6 Å². The summed E-state index contributed by atoms with van der Waals surface area (Å²) < 4.78 is 10.7. The third kappa shape index (κ3) is 2.50. The molecule has 0 aliphatic carbocycles. The lowest BCUT2D eigenvalue weighted by Crippen LogP contribution is -2.52. The van der Waals surface area contributed by atoms with Gasteiger partial charge in [-0.05, 0) is 6.07 Å². The normalized spacial score (nSPS) is 14.9. The topological polar surface area (TPSA) is 73.5 Å². The van der Waals surface area contributed by atoms with Crippen molar-refractivity contribution in [2.75, 3.05) is 37.9 Å². The minimum absolute atomic E-state index is 0.261. The second-order valence-electron chi connectivity index (χ2n) is 4.96. The van der Waals surface area contributed by atoms with Crippen LogP contribution in [0, 0.1) is 0 Å². The summed E-state index contributed by atoms with van der Waals surface area (Å²) in [4.78, 5) is 10.8. The van der Waals surface area contributed by atoms with E-state index in [2.05, 4.69) is 14.9 Å². The molecule has 1 aliphatic heterocycles. The maximum Gasteiger partial charge on any atom is 0.225 e. The fourth-order valence-corrected chi connectivity index (χ4v) is 2.41. The minimum atomic E-state index is 0.261. The number of methoxy groups -OCH3 is 2. The maximum atomic E-state index is 6.21. The lowest BCUT2D eigenvalue weighted by atomic mass is 10.1. The number of nitrogen functional groups attached to an aromatic ring is 1. The lowest BCUT2D eigenvalue weighted by Gasteiger charge is -2.39. The van der Waals surface area contributed by atoms with Crippen LogP contribution in [0.3, 0.4) is 0 Å². The van der Waals surface area contributed by atoms with Crippen LogP contribution in [0.2, 0.25) is 0 Å². The number of ether oxygens (including phenoxy) is 2. The molecule has 0 bridgehead atoms. The maximum absolute atomic E-state index is 6.21. The Morgan fingerprint density at radius 2 is 2.14 bits per heavy atom. The van der Waals surface area contributed by atoms with Crippen LogP contribution >= 0.6 is 0 Å². The molecule has 3 heterocycles. The number of hydrogen-bond acceptors (Lipinski definition) is 6. The Kier molecular flexibility index (Phi) is 3.62. The first-order chi connectivity index (χ1) is 10.2. The molecule has 2 aromatic rings. The first kappa shape index (κ1) is 13.6. The molecular weight excluding hydrogens is 268 g/mol. The van der Waals surface area contributed by atoms with Gasteiger partial charge in [0, 0.05) is 49.9 Å². The van der Waals surface area contributed by atoms with E-state index in [-0.39, 0.29) is 6.10 Å². The highest BCUT2D eigenvalue weighted by Gasteiger charge is 2.28. The van der Waals surface area contributed by atoms with Crippen LogP contribution in [0.4, 0.5) is 11.5 Å². The number of hydrogen-bond donors (Lipinski definition) is 1. The van der Waals surface area contributed by atoms with Crippen LogP contribution in [-0.2, 0) is 4.74 Å². The molecule has 3 rings (SSSR count). The summed E-state index contributed by atoms with van der Waals surface area (Å²) in [5.74, 6) is 1.32. The minimum Gasteiger partial charge on any atom is -0.480 e. The predicted octanol–water partition coefficient (Wildman–Crippen LogP) is 1.57.